The summed E-state index contributed by atoms with van der Waals surface area (Å²) in [6.07, 6.45) is 0.331. The molecule has 0 aliphatic heterocycles. The van der Waals surface area contributed by atoms with Gasteiger partial charge in [-0.25, -0.2) is 0 Å². The fourth-order valence-corrected chi connectivity index (χ4v) is 1.80. The van der Waals surface area contributed by atoms with Crippen molar-refractivity contribution >= 4 is 5.91 Å². The van der Waals surface area contributed by atoms with Crippen molar-refractivity contribution in [3.63, 3.8) is 0 Å². The monoisotopic (exact) mass is 280 g/mol. The zero-order valence-corrected chi connectivity index (χ0v) is 12.7. The van der Waals surface area contributed by atoms with Crippen LogP contribution in [0.15, 0.2) is 18.2 Å². The van der Waals surface area contributed by atoms with Gasteiger partial charge in [0.15, 0.2) is 11.5 Å². The molecule has 5 nitrogen and oxygen atoms in total. The van der Waals surface area contributed by atoms with E-state index >= 15 is 0 Å². The molecule has 112 valence electrons. The number of hydrogen-bond donors (Lipinski definition) is 2. The minimum atomic E-state index is -0.00894. The number of methoxy groups -OCH3 is 1. The zero-order valence-electron chi connectivity index (χ0n) is 12.7. The molecule has 0 aliphatic carbocycles. The highest BCUT2D eigenvalue weighted by molar-refractivity contribution is 5.76. The van der Waals surface area contributed by atoms with Gasteiger partial charge in [0, 0.05) is 12.6 Å². The third-order valence-corrected chi connectivity index (χ3v) is 2.65. The Bertz CT molecular complexity index is 433. The molecule has 0 saturated carbocycles. The van der Waals surface area contributed by atoms with Gasteiger partial charge in [0.1, 0.15) is 0 Å². The molecule has 0 atom stereocenters. The predicted molar refractivity (Wildman–Crippen MR) is 79.1 cm³/mol. The van der Waals surface area contributed by atoms with Crippen LogP contribution in [0.5, 0.6) is 11.5 Å². The van der Waals surface area contributed by atoms with E-state index in [0.29, 0.717) is 24.5 Å². The van der Waals surface area contributed by atoms with Gasteiger partial charge in [-0.15, -0.1) is 0 Å². The van der Waals surface area contributed by atoms with Crippen molar-refractivity contribution in [2.75, 3.05) is 20.8 Å². The van der Waals surface area contributed by atoms with Crippen LogP contribution >= 0.6 is 0 Å². The molecule has 0 saturated heterocycles. The lowest BCUT2D eigenvalue weighted by molar-refractivity contribution is -0.122. The fraction of sp³-hybridized carbons (Fsp3) is 0.533. The van der Waals surface area contributed by atoms with Crippen molar-refractivity contribution < 1.29 is 14.3 Å². The van der Waals surface area contributed by atoms with Gasteiger partial charge in [0.05, 0.1) is 20.1 Å². The molecule has 0 bridgehead atoms. The van der Waals surface area contributed by atoms with Crippen molar-refractivity contribution in [3.05, 3.63) is 23.8 Å². The maximum absolute atomic E-state index is 11.5. The lowest BCUT2D eigenvalue weighted by Crippen LogP contribution is -2.31. The SMILES string of the molecule is CNCc1ccc(OC)c(OCCC(=O)NC(C)C)c1. The Morgan fingerprint density at radius 2 is 2.05 bits per heavy atom. The molecule has 0 fully saturated rings. The van der Waals surface area contributed by atoms with E-state index in [1.54, 1.807) is 7.11 Å². The lowest BCUT2D eigenvalue weighted by atomic mass is 10.2. The van der Waals surface area contributed by atoms with Crippen molar-refractivity contribution in [1.29, 1.82) is 0 Å². The number of hydrogen-bond acceptors (Lipinski definition) is 4. The first-order chi connectivity index (χ1) is 9.56. The van der Waals surface area contributed by atoms with Gasteiger partial charge in [0.2, 0.25) is 5.91 Å². The molecule has 5 heteroatoms. The molecule has 0 radical (unpaired) electrons. The average Bonchev–Trinajstić information content (AvgIpc) is 2.38. The van der Waals surface area contributed by atoms with Crippen LogP contribution in [0.25, 0.3) is 0 Å². The fourth-order valence-electron chi connectivity index (χ4n) is 1.80. The molecule has 0 aromatic heterocycles. The normalized spacial score (nSPS) is 10.4. The summed E-state index contributed by atoms with van der Waals surface area (Å²) in [6.45, 7) is 4.96. The molecule has 20 heavy (non-hydrogen) atoms. The van der Waals surface area contributed by atoms with E-state index in [0.717, 1.165) is 12.1 Å². The van der Waals surface area contributed by atoms with Crippen LogP contribution in [-0.4, -0.2) is 32.7 Å². The molecule has 1 aromatic rings. The van der Waals surface area contributed by atoms with Crippen LogP contribution in [-0.2, 0) is 11.3 Å². The summed E-state index contributed by atoms with van der Waals surface area (Å²) in [5.74, 6) is 1.33. The number of carbonyl (C=O) groups is 1. The van der Waals surface area contributed by atoms with Crippen LogP contribution in [0, 0.1) is 0 Å². The van der Waals surface area contributed by atoms with Gasteiger partial charge in [-0.05, 0) is 38.6 Å². The van der Waals surface area contributed by atoms with Crippen molar-refractivity contribution in [1.82, 2.24) is 10.6 Å². The minimum absolute atomic E-state index is 0.00894. The van der Waals surface area contributed by atoms with Crippen molar-refractivity contribution in [2.24, 2.45) is 0 Å². The zero-order chi connectivity index (χ0) is 15.0. The molecular weight excluding hydrogens is 256 g/mol. The highest BCUT2D eigenvalue weighted by Gasteiger charge is 2.08. The highest BCUT2D eigenvalue weighted by Crippen LogP contribution is 2.28. The molecular formula is C15H24N2O3. The van der Waals surface area contributed by atoms with Gasteiger partial charge in [-0.1, -0.05) is 6.07 Å². The van der Waals surface area contributed by atoms with Crippen molar-refractivity contribution in [2.45, 2.75) is 32.9 Å². The van der Waals surface area contributed by atoms with E-state index in [9.17, 15) is 4.79 Å². The Hall–Kier alpha value is -1.75. The van der Waals surface area contributed by atoms with E-state index in [2.05, 4.69) is 10.6 Å². The topological polar surface area (TPSA) is 59.6 Å². The second-order valence-corrected chi connectivity index (χ2v) is 4.84. The molecule has 0 spiro atoms. The Morgan fingerprint density at radius 3 is 2.65 bits per heavy atom. The highest BCUT2D eigenvalue weighted by atomic mass is 16.5. The standard InChI is InChI=1S/C15H24N2O3/c1-11(2)17-15(18)7-8-20-14-9-12(10-16-3)5-6-13(14)19-4/h5-6,9,11,16H,7-8,10H2,1-4H3,(H,17,18). The van der Waals surface area contributed by atoms with Crippen molar-refractivity contribution in [3.8, 4) is 11.5 Å². The first-order valence-corrected chi connectivity index (χ1v) is 6.80. The predicted octanol–water partition coefficient (Wildman–Crippen LogP) is 1.71. The summed E-state index contributed by atoms with van der Waals surface area (Å²) in [5, 5.41) is 5.91. The van der Waals surface area contributed by atoms with E-state index in [1.165, 1.54) is 0 Å². The first-order valence-electron chi connectivity index (χ1n) is 6.80. The average molecular weight is 280 g/mol. The molecule has 2 N–H and O–H groups in total. The molecule has 0 heterocycles. The van der Waals surface area contributed by atoms with Crippen LogP contribution in [0.2, 0.25) is 0 Å². The minimum Gasteiger partial charge on any atom is -0.493 e. The lowest BCUT2D eigenvalue weighted by Gasteiger charge is -2.13. The summed E-state index contributed by atoms with van der Waals surface area (Å²) < 4.78 is 10.9. The number of carbonyl (C=O) groups excluding carboxylic acids is 1. The second kappa shape index (κ2) is 8.43. The summed E-state index contributed by atoms with van der Waals surface area (Å²) in [6, 6.07) is 5.93. The largest absolute Gasteiger partial charge is 0.493 e. The molecule has 0 aliphatic rings. The van der Waals surface area contributed by atoms with Gasteiger partial charge in [-0.2, -0.15) is 0 Å². The van der Waals surface area contributed by atoms with Gasteiger partial charge in [-0.3, -0.25) is 4.79 Å². The third kappa shape index (κ3) is 5.48. The Labute approximate surface area is 120 Å². The van der Waals surface area contributed by atoms with E-state index in [4.69, 9.17) is 9.47 Å². The summed E-state index contributed by atoms with van der Waals surface area (Å²) >= 11 is 0. The molecule has 1 aromatic carbocycles. The van der Waals surface area contributed by atoms with Crippen LogP contribution < -0.4 is 20.1 Å². The first kappa shape index (κ1) is 16.3. The molecule has 1 rings (SSSR count). The van der Waals surface area contributed by atoms with Crippen LogP contribution in [0.1, 0.15) is 25.8 Å². The number of benzene rings is 1. The maximum atomic E-state index is 11.5. The van der Waals surface area contributed by atoms with E-state index in [1.807, 2.05) is 39.1 Å². The van der Waals surface area contributed by atoms with Gasteiger partial charge in [0.25, 0.3) is 0 Å². The number of nitrogens with one attached hydrogen (secondary N) is 2. The Morgan fingerprint density at radius 1 is 1.30 bits per heavy atom. The number of amides is 1. The summed E-state index contributed by atoms with van der Waals surface area (Å²) in [4.78, 5) is 11.5. The smallest absolute Gasteiger partial charge is 0.223 e. The van der Waals surface area contributed by atoms with Gasteiger partial charge >= 0.3 is 0 Å². The quantitative estimate of drug-likeness (QED) is 0.761. The summed E-state index contributed by atoms with van der Waals surface area (Å²) in [5.41, 5.74) is 1.11. The second-order valence-electron chi connectivity index (χ2n) is 4.84. The molecule has 1 amide bonds. The Balaban J connectivity index is 2.57. The maximum Gasteiger partial charge on any atom is 0.223 e. The van der Waals surface area contributed by atoms with Crippen LogP contribution in [0.4, 0.5) is 0 Å². The number of rotatable bonds is 8. The Kier molecular flexibility index (Phi) is 6.87. The number of ether oxygens (including phenoxy) is 2. The summed E-state index contributed by atoms with van der Waals surface area (Å²) in [7, 11) is 3.49. The van der Waals surface area contributed by atoms with Crippen LogP contribution in [0.3, 0.4) is 0 Å². The van der Waals surface area contributed by atoms with E-state index in [-0.39, 0.29) is 11.9 Å². The van der Waals surface area contributed by atoms with Gasteiger partial charge < -0.3 is 20.1 Å². The third-order valence-electron chi connectivity index (χ3n) is 2.65. The van der Waals surface area contributed by atoms with E-state index < -0.39 is 0 Å². The molecule has 0 unspecified atom stereocenters.